The molecule has 1 aromatic rings. The quantitative estimate of drug-likeness (QED) is 0.706. The van der Waals surface area contributed by atoms with Gasteiger partial charge in [0.1, 0.15) is 0 Å². The Morgan fingerprint density at radius 3 is 2.92 bits per heavy atom. The van der Waals surface area contributed by atoms with E-state index in [4.69, 9.17) is 5.11 Å². The number of carbonyl (C=O) groups is 1. The Labute approximate surface area is 75.6 Å². The number of rotatable bonds is 4. The molecule has 0 aliphatic carbocycles. The third kappa shape index (κ3) is 2.87. The summed E-state index contributed by atoms with van der Waals surface area (Å²) in [6.45, 7) is 0. The van der Waals surface area contributed by atoms with Gasteiger partial charge < -0.3 is 10.2 Å². The summed E-state index contributed by atoms with van der Waals surface area (Å²) in [6, 6.07) is 0. The van der Waals surface area contributed by atoms with E-state index in [0.29, 0.717) is 5.56 Å². The highest BCUT2D eigenvalue weighted by molar-refractivity contribution is 5.66. The number of carboxylic acid groups (broad SMARTS) is 1. The number of hydrogen-bond acceptors (Lipinski definition) is 3. The summed E-state index contributed by atoms with van der Waals surface area (Å²) < 4.78 is 1.57. The number of aryl methyl sites for hydroxylation is 1. The van der Waals surface area contributed by atoms with Crippen LogP contribution in [0.2, 0.25) is 0 Å². The number of nitrogens with zero attached hydrogens (tertiary/aromatic N) is 2. The van der Waals surface area contributed by atoms with E-state index in [9.17, 15) is 9.90 Å². The third-order valence-corrected chi connectivity index (χ3v) is 1.74. The lowest BCUT2D eigenvalue weighted by Crippen LogP contribution is -2.01. The van der Waals surface area contributed by atoms with Crippen LogP contribution in [-0.2, 0) is 11.8 Å². The van der Waals surface area contributed by atoms with E-state index in [1.165, 1.54) is 6.20 Å². The standard InChI is InChI=1S/C8H12N2O3/c1-10-5-6(4-9-10)7(11)2-3-8(12)13/h4-5,7,11H,2-3H2,1H3,(H,12,13). The van der Waals surface area contributed by atoms with E-state index < -0.39 is 12.1 Å². The van der Waals surface area contributed by atoms with Gasteiger partial charge in [0.2, 0.25) is 0 Å². The summed E-state index contributed by atoms with van der Waals surface area (Å²) in [5, 5.41) is 21.7. The van der Waals surface area contributed by atoms with Gasteiger partial charge in [-0.05, 0) is 6.42 Å². The molecule has 0 aromatic carbocycles. The van der Waals surface area contributed by atoms with Crippen LogP contribution in [0.25, 0.3) is 0 Å². The van der Waals surface area contributed by atoms with Crippen molar-refractivity contribution in [2.45, 2.75) is 18.9 Å². The Kier molecular flexibility index (Phi) is 3.02. The number of aromatic nitrogens is 2. The molecule has 1 heterocycles. The van der Waals surface area contributed by atoms with Gasteiger partial charge in [-0.25, -0.2) is 0 Å². The van der Waals surface area contributed by atoms with Crippen molar-refractivity contribution >= 4 is 5.97 Å². The number of aliphatic carboxylic acids is 1. The molecular weight excluding hydrogens is 172 g/mol. The van der Waals surface area contributed by atoms with E-state index in [0.717, 1.165) is 0 Å². The molecule has 0 spiro atoms. The Balaban J connectivity index is 2.48. The molecule has 0 saturated heterocycles. The summed E-state index contributed by atoms with van der Waals surface area (Å²) in [7, 11) is 1.74. The molecule has 1 aromatic heterocycles. The van der Waals surface area contributed by atoms with E-state index >= 15 is 0 Å². The number of aliphatic hydroxyl groups excluding tert-OH is 1. The SMILES string of the molecule is Cn1cc(C(O)CCC(=O)O)cn1. The first-order valence-corrected chi connectivity index (χ1v) is 3.98. The molecule has 0 radical (unpaired) electrons. The Morgan fingerprint density at radius 1 is 1.77 bits per heavy atom. The summed E-state index contributed by atoms with van der Waals surface area (Å²) in [6.07, 6.45) is 2.67. The first-order chi connectivity index (χ1) is 6.09. The maximum atomic E-state index is 10.2. The van der Waals surface area contributed by atoms with Crippen molar-refractivity contribution in [2.24, 2.45) is 7.05 Å². The van der Waals surface area contributed by atoms with Gasteiger partial charge in [0.15, 0.2) is 0 Å². The lowest BCUT2D eigenvalue weighted by atomic mass is 10.1. The van der Waals surface area contributed by atoms with Crippen LogP contribution in [0.4, 0.5) is 0 Å². The number of carboxylic acids is 1. The molecule has 0 fully saturated rings. The van der Waals surface area contributed by atoms with E-state index in [1.54, 1.807) is 17.9 Å². The molecule has 0 bridgehead atoms. The highest BCUT2D eigenvalue weighted by Gasteiger charge is 2.10. The molecule has 2 N–H and O–H groups in total. The van der Waals surface area contributed by atoms with Crippen molar-refractivity contribution < 1.29 is 15.0 Å². The van der Waals surface area contributed by atoms with E-state index in [1.807, 2.05) is 0 Å². The predicted molar refractivity (Wildman–Crippen MR) is 45.0 cm³/mol. The van der Waals surface area contributed by atoms with E-state index in [2.05, 4.69) is 5.10 Å². The average molecular weight is 184 g/mol. The summed E-state index contributed by atoms with van der Waals surface area (Å²) in [5.74, 6) is -0.900. The molecule has 0 aliphatic rings. The zero-order chi connectivity index (χ0) is 9.84. The summed E-state index contributed by atoms with van der Waals surface area (Å²) in [4.78, 5) is 10.2. The normalized spacial score (nSPS) is 12.8. The minimum atomic E-state index is -0.900. The fraction of sp³-hybridized carbons (Fsp3) is 0.500. The molecule has 5 nitrogen and oxygen atoms in total. The molecular formula is C8H12N2O3. The molecule has 5 heteroatoms. The molecule has 0 saturated carbocycles. The van der Waals surface area contributed by atoms with Gasteiger partial charge in [0.05, 0.1) is 12.3 Å². The predicted octanol–water partition coefficient (Wildman–Crippen LogP) is 0.318. The van der Waals surface area contributed by atoms with Crippen molar-refractivity contribution in [3.05, 3.63) is 18.0 Å². The van der Waals surface area contributed by atoms with Crippen LogP contribution in [0.1, 0.15) is 24.5 Å². The average Bonchev–Trinajstić information content (AvgIpc) is 2.47. The summed E-state index contributed by atoms with van der Waals surface area (Å²) >= 11 is 0. The van der Waals surface area contributed by atoms with Gasteiger partial charge in [-0.1, -0.05) is 0 Å². The lowest BCUT2D eigenvalue weighted by molar-refractivity contribution is -0.137. The zero-order valence-corrected chi connectivity index (χ0v) is 7.34. The molecule has 1 atom stereocenters. The van der Waals surface area contributed by atoms with Gasteiger partial charge in [-0.2, -0.15) is 5.10 Å². The highest BCUT2D eigenvalue weighted by atomic mass is 16.4. The van der Waals surface area contributed by atoms with E-state index in [-0.39, 0.29) is 12.8 Å². The number of hydrogen-bond donors (Lipinski definition) is 2. The van der Waals surface area contributed by atoms with Gasteiger partial charge in [-0.3, -0.25) is 9.48 Å². The van der Waals surface area contributed by atoms with Crippen LogP contribution >= 0.6 is 0 Å². The lowest BCUT2D eigenvalue weighted by Gasteiger charge is -2.04. The fourth-order valence-corrected chi connectivity index (χ4v) is 1.04. The van der Waals surface area contributed by atoms with Crippen LogP contribution in [0.15, 0.2) is 12.4 Å². The van der Waals surface area contributed by atoms with Crippen LogP contribution in [-0.4, -0.2) is 26.0 Å². The molecule has 1 rings (SSSR count). The molecule has 0 aliphatic heterocycles. The molecule has 72 valence electrons. The number of aliphatic hydroxyl groups is 1. The van der Waals surface area contributed by atoms with Crippen LogP contribution in [0.5, 0.6) is 0 Å². The maximum Gasteiger partial charge on any atom is 0.303 e. The van der Waals surface area contributed by atoms with Crippen LogP contribution in [0, 0.1) is 0 Å². The van der Waals surface area contributed by atoms with Crippen molar-refractivity contribution in [3.63, 3.8) is 0 Å². The van der Waals surface area contributed by atoms with Crippen molar-refractivity contribution in [2.75, 3.05) is 0 Å². The largest absolute Gasteiger partial charge is 0.481 e. The van der Waals surface area contributed by atoms with Crippen molar-refractivity contribution in [3.8, 4) is 0 Å². The smallest absolute Gasteiger partial charge is 0.303 e. The Hall–Kier alpha value is -1.36. The van der Waals surface area contributed by atoms with Crippen LogP contribution in [0.3, 0.4) is 0 Å². The first-order valence-electron chi connectivity index (χ1n) is 3.98. The topological polar surface area (TPSA) is 75.4 Å². The first kappa shape index (κ1) is 9.73. The molecule has 1 unspecified atom stereocenters. The second-order valence-electron chi connectivity index (χ2n) is 2.90. The van der Waals surface area contributed by atoms with Gasteiger partial charge in [-0.15, -0.1) is 0 Å². The van der Waals surface area contributed by atoms with Gasteiger partial charge >= 0.3 is 5.97 Å². The van der Waals surface area contributed by atoms with Crippen LogP contribution < -0.4 is 0 Å². The minimum absolute atomic E-state index is 0.0317. The minimum Gasteiger partial charge on any atom is -0.481 e. The zero-order valence-electron chi connectivity index (χ0n) is 7.34. The fourth-order valence-electron chi connectivity index (χ4n) is 1.04. The van der Waals surface area contributed by atoms with Crippen molar-refractivity contribution in [1.82, 2.24) is 9.78 Å². The Bertz CT molecular complexity index is 295. The third-order valence-electron chi connectivity index (χ3n) is 1.74. The second kappa shape index (κ2) is 4.04. The van der Waals surface area contributed by atoms with Gasteiger partial charge in [0.25, 0.3) is 0 Å². The summed E-state index contributed by atoms with van der Waals surface area (Å²) in [5.41, 5.74) is 0.656. The van der Waals surface area contributed by atoms with Crippen molar-refractivity contribution in [1.29, 1.82) is 0 Å². The maximum absolute atomic E-state index is 10.2. The van der Waals surface area contributed by atoms with Gasteiger partial charge in [0, 0.05) is 25.2 Å². The molecule has 13 heavy (non-hydrogen) atoms. The Morgan fingerprint density at radius 2 is 2.46 bits per heavy atom. The monoisotopic (exact) mass is 184 g/mol. The highest BCUT2D eigenvalue weighted by Crippen LogP contribution is 2.16. The molecule has 0 amide bonds. The second-order valence-corrected chi connectivity index (χ2v) is 2.90.